The number of hydrogen-bond acceptors (Lipinski definition) is 6. The van der Waals surface area contributed by atoms with Crippen LogP contribution in [0.15, 0.2) is 24.3 Å². The molecule has 0 spiro atoms. The molecule has 0 fully saturated rings. The number of ether oxygens (including phenoxy) is 1. The first-order valence-electron chi connectivity index (χ1n) is 10.1. The monoisotopic (exact) mass is 418 g/mol. The first-order chi connectivity index (χ1) is 14.0. The van der Waals surface area contributed by atoms with Gasteiger partial charge in [0.1, 0.15) is 16.8 Å². The van der Waals surface area contributed by atoms with Crippen LogP contribution >= 0.6 is 11.3 Å². The number of hydrogen-bond donors (Lipinski definition) is 2. The highest BCUT2D eigenvalue weighted by Gasteiger charge is 2.26. The first kappa shape index (κ1) is 22.8. The van der Waals surface area contributed by atoms with Gasteiger partial charge in [-0.05, 0) is 24.5 Å². The number of carbonyl (C=O) groups is 2. The lowest BCUT2D eigenvalue weighted by Gasteiger charge is -2.23. The smallest absolute Gasteiger partial charge is 0.249 e. The average molecular weight is 419 g/mol. The van der Waals surface area contributed by atoms with E-state index in [1.807, 2.05) is 38.1 Å². The summed E-state index contributed by atoms with van der Waals surface area (Å²) < 4.78 is 5.24. The zero-order valence-electron chi connectivity index (χ0n) is 17.5. The molecule has 0 bridgehead atoms. The number of nitrogens with zero attached hydrogens (tertiary/aromatic N) is 2. The summed E-state index contributed by atoms with van der Waals surface area (Å²) in [6.45, 7) is 6.05. The number of methoxy groups -OCH3 is 1. The number of aromatic nitrogens is 2. The van der Waals surface area contributed by atoms with Crippen molar-refractivity contribution in [2.45, 2.75) is 58.9 Å². The standard InChI is InChI=1S/C21H30N4O3S/c1-5-7-8-12-17(26)22-18(14(3)6-2)19(27)23-21-25-24-20(29-21)15-10-9-11-16(13-15)28-4/h9-11,13-14,18H,5-8,12H2,1-4H3,(H,22,26)(H,23,25,27)/t14-,18+/m1/s1. The maximum atomic E-state index is 12.8. The second-order valence-corrected chi connectivity index (χ2v) is 8.00. The predicted molar refractivity (Wildman–Crippen MR) is 116 cm³/mol. The minimum absolute atomic E-state index is 0.0101. The molecular weight excluding hydrogens is 388 g/mol. The largest absolute Gasteiger partial charge is 0.497 e. The van der Waals surface area contributed by atoms with E-state index < -0.39 is 6.04 Å². The number of anilines is 1. The molecule has 158 valence electrons. The third-order valence-electron chi connectivity index (χ3n) is 4.79. The Balaban J connectivity index is 2.05. The Kier molecular flexibility index (Phi) is 9.05. The summed E-state index contributed by atoms with van der Waals surface area (Å²) in [7, 11) is 1.61. The number of unbranched alkanes of at least 4 members (excludes halogenated alkanes) is 2. The molecule has 2 aromatic rings. The Bertz CT molecular complexity index is 809. The van der Waals surface area contributed by atoms with Crippen LogP contribution in [-0.4, -0.2) is 35.2 Å². The normalized spacial score (nSPS) is 12.8. The molecule has 2 atom stereocenters. The minimum atomic E-state index is -0.599. The van der Waals surface area contributed by atoms with Gasteiger partial charge in [-0.1, -0.05) is 63.5 Å². The van der Waals surface area contributed by atoms with Gasteiger partial charge in [-0.2, -0.15) is 0 Å². The summed E-state index contributed by atoms with van der Waals surface area (Å²) in [6.07, 6.45) is 4.10. The zero-order valence-corrected chi connectivity index (χ0v) is 18.3. The third-order valence-corrected chi connectivity index (χ3v) is 5.68. The SMILES string of the molecule is CCCCCC(=O)N[C@H](C(=O)Nc1nnc(-c2cccc(OC)c2)s1)[C@H](C)CC. The van der Waals surface area contributed by atoms with Crippen LogP contribution in [0.2, 0.25) is 0 Å². The number of rotatable bonds is 11. The molecule has 8 heteroatoms. The molecule has 1 aromatic heterocycles. The van der Waals surface area contributed by atoms with Gasteiger partial charge < -0.3 is 10.1 Å². The van der Waals surface area contributed by atoms with Gasteiger partial charge >= 0.3 is 0 Å². The molecule has 0 aliphatic carbocycles. The second kappa shape index (κ2) is 11.5. The Hall–Kier alpha value is -2.48. The number of carbonyl (C=O) groups excluding carboxylic acids is 2. The lowest BCUT2D eigenvalue weighted by atomic mass is 9.98. The van der Waals surface area contributed by atoms with E-state index in [1.165, 1.54) is 11.3 Å². The molecule has 29 heavy (non-hydrogen) atoms. The lowest BCUT2D eigenvalue weighted by Crippen LogP contribution is -2.47. The van der Waals surface area contributed by atoms with E-state index in [0.29, 0.717) is 16.6 Å². The highest BCUT2D eigenvalue weighted by atomic mass is 32.1. The van der Waals surface area contributed by atoms with Crippen LogP contribution in [0, 0.1) is 5.92 Å². The summed E-state index contributed by atoms with van der Waals surface area (Å²) in [4.78, 5) is 25.0. The van der Waals surface area contributed by atoms with Crippen molar-refractivity contribution in [2.75, 3.05) is 12.4 Å². The molecule has 0 saturated carbocycles. The van der Waals surface area contributed by atoms with E-state index in [9.17, 15) is 9.59 Å². The van der Waals surface area contributed by atoms with Crippen LogP contribution in [0.4, 0.5) is 5.13 Å². The van der Waals surface area contributed by atoms with Crippen LogP contribution in [0.5, 0.6) is 5.75 Å². The quantitative estimate of drug-likeness (QED) is 0.532. The van der Waals surface area contributed by atoms with Crippen molar-refractivity contribution in [3.05, 3.63) is 24.3 Å². The number of nitrogens with one attached hydrogen (secondary N) is 2. The zero-order chi connectivity index (χ0) is 21.2. The minimum Gasteiger partial charge on any atom is -0.497 e. The van der Waals surface area contributed by atoms with E-state index in [2.05, 4.69) is 27.8 Å². The van der Waals surface area contributed by atoms with E-state index in [1.54, 1.807) is 7.11 Å². The van der Waals surface area contributed by atoms with Gasteiger partial charge in [0.2, 0.25) is 16.9 Å². The van der Waals surface area contributed by atoms with Crippen molar-refractivity contribution >= 4 is 28.3 Å². The molecule has 2 amide bonds. The maximum Gasteiger partial charge on any atom is 0.249 e. The molecule has 0 aliphatic heterocycles. The van der Waals surface area contributed by atoms with Gasteiger partial charge in [-0.25, -0.2) is 0 Å². The van der Waals surface area contributed by atoms with E-state index in [0.717, 1.165) is 37.0 Å². The fourth-order valence-electron chi connectivity index (χ4n) is 2.81. The predicted octanol–water partition coefficient (Wildman–Crippen LogP) is 4.26. The molecule has 0 unspecified atom stereocenters. The summed E-state index contributed by atoms with van der Waals surface area (Å²) in [6, 6.07) is 6.91. The van der Waals surface area contributed by atoms with Gasteiger partial charge in [0.05, 0.1) is 7.11 Å². The van der Waals surface area contributed by atoms with E-state index in [4.69, 9.17) is 4.74 Å². The molecule has 2 N–H and O–H groups in total. The van der Waals surface area contributed by atoms with Gasteiger partial charge in [0.15, 0.2) is 0 Å². The Morgan fingerprint density at radius 1 is 1.21 bits per heavy atom. The van der Waals surface area contributed by atoms with Gasteiger partial charge in [0, 0.05) is 12.0 Å². The molecule has 1 heterocycles. The lowest BCUT2D eigenvalue weighted by molar-refractivity contribution is -0.127. The first-order valence-corrected chi connectivity index (χ1v) is 10.9. The molecule has 2 rings (SSSR count). The molecular formula is C21H30N4O3S. The highest BCUT2D eigenvalue weighted by Crippen LogP contribution is 2.29. The van der Waals surface area contributed by atoms with Crippen molar-refractivity contribution in [1.29, 1.82) is 0 Å². The van der Waals surface area contributed by atoms with Crippen molar-refractivity contribution < 1.29 is 14.3 Å². The average Bonchev–Trinajstić information content (AvgIpc) is 3.20. The van der Waals surface area contributed by atoms with Gasteiger partial charge in [-0.3, -0.25) is 14.9 Å². The van der Waals surface area contributed by atoms with Gasteiger partial charge in [-0.15, -0.1) is 10.2 Å². The summed E-state index contributed by atoms with van der Waals surface area (Å²) >= 11 is 1.28. The Labute approximate surface area is 176 Å². The van der Waals surface area contributed by atoms with Crippen LogP contribution in [0.25, 0.3) is 10.6 Å². The van der Waals surface area contributed by atoms with Gasteiger partial charge in [0.25, 0.3) is 0 Å². The van der Waals surface area contributed by atoms with Crippen LogP contribution in [-0.2, 0) is 9.59 Å². The van der Waals surface area contributed by atoms with Crippen LogP contribution < -0.4 is 15.4 Å². The summed E-state index contributed by atoms with van der Waals surface area (Å²) in [5, 5.41) is 15.0. The van der Waals surface area contributed by atoms with Crippen LogP contribution in [0.1, 0.15) is 52.9 Å². The number of amides is 2. The van der Waals surface area contributed by atoms with E-state index in [-0.39, 0.29) is 17.7 Å². The molecule has 1 aromatic carbocycles. The fourth-order valence-corrected chi connectivity index (χ4v) is 3.56. The maximum absolute atomic E-state index is 12.8. The molecule has 0 saturated heterocycles. The van der Waals surface area contributed by atoms with Crippen molar-refractivity contribution in [3.63, 3.8) is 0 Å². The Morgan fingerprint density at radius 3 is 2.69 bits per heavy atom. The summed E-state index contributed by atoms with van der Waals surface area (Å²) in [5.41, 5.74) is 0.866. The molecule has 7 nitrogen and oxygen atoms in total. The summed E-state index contributed by atoms with van der Waals surface area (Å²) in [5.74, 6) is 0.381. The van der Waals surface area contributed by atoms with Crippen LogP contribution in [0.3, 0.4) is 0 Å². The highest BCUT2D eigenvalue weighted by molar-refractivity contribution is 7.18. The molecule has 0 aliphatic rings. The van der Waals surface area contributed by atoms with E-state index >= 15 is 0 Å². The topological polar surface area (TPSA) is 93.2 Å². The van der Waals surface area contributed by atoms with Crippen molar-refractivity contribution in [2.24, 2.45) is 5.92 Å². The van der Waals surface area contributed by atoms with Crippen molar-refractivity contribution in [3.8, 4) is 16.3 Å². The number of benzene rings is 1. The second-order valence-electron chi connectivity index (χ2n) is 7.02. The Morgan fingerprint density at radius 2 is 2.00 bits per heavy atom. The third kappa shape index (κ3) is 6.81. The molecule has 0 radical (unpaired) electrons. The van der Waals surface area contributed by atoms with Crippen molar-refractivity contribution in [1.82, 2.24) is 15.5 Å². The fraction of sp³-hybridized carbons (Fsp3) is 0.524.